The number of carbonyl (C=O) groups is 1. The van der Waals surface area contributed by atoms with E-state index in [-0.39, 0.29) is 5.69 Å². The fraction of sp³-hybridized carbons (Fsp3) is 0.333. The van der Waals surface area contributed by atoms with Crippen LogP contribution in [0, 0.1) is 11.6 Å². The summed E-state index contributed by atoms with van der Waals surface area (Å²) in [4.78, 5) is 27.9. The first-order valence-corrected chi connectivity index (χ1v) is 12.6. The molecule has 2 fully saturated rings. The van der Waals surface area contributed by atoms with Gasteiger partial charge in [0.1, 0.15) is 11.4 Å². The van der Waals surface area contributed by atoms with Gasteiger partial charge in [-0.1, -0.05) is 18.9 Å². The Morgan fingerprint density at radius 1 is 0.919 bits per heavy atom. The molecule has 1 aliphatic heterocycles. The van der Waals surface area contributed by atoms with Gasteiger partial charge in [0, 0.05) is 24.5 Å². The molecule has 37 heavy (non-hydrogen) atoms. The Hall–Kier alpha value is -4.08. The summed E-state index contributed by atoms with van der Waals surface area (Å²) in [6, 6.07) is 9.80. The summed E-state index contributed by atoms with van der Waals surface area (Å²) in [6.07, 6.45) is 8.60. The van der Waals surface area contributed by atoms with Crippen molar-refractivity contribution in [2.24, 2.45) is 0 Å². The van der Waals surface area contributed by atoms with E-state index in [2.05, 4.69) is 20.0 Å². The van der Waals surface area contributed by atoms with E-state index < -0.39 is 28.8 Å². The van der Waals surface area contributed by atoms with Crippen molar-refractivity contribution >= 4 is 28.2 Å². The minimum absolute atomic E-state index is 0.142. The molecule has 0 bridgehead atoms. The lowest BCUT2D eigenvalue weighted by atomic mass is 10.1. The standard InChI is InChI=1S/C27H26F2N6O2/c28-19-8-5-9-20(29)26(19)35-24(36)13-11-22(32-35)27(37)31-21-10-12-23-18(25(21)33-14-3-4-15-33)16-30-34(23)17-6-1-2-7-17/h5,8-13,16-17H,1-4,6-7,14-15H2,(H,31,37). The second kappa shape index (κ2) is 9.42. The Morgan fingerprint density at radius 3 is 2.38 bits per heavy atom. The van der Waals surface area contributed by atoms with Crippen molar-refractivity contribution in [3.8, 4) is 5.69 Å². The van der Waals surface area contributed by atoms with E-state index in [0.717, 1.165) is 73.6 Å². The topological polar surface area (TPSA) is 85.0 Å². The summed E-state index contributed by atoms with van der Waals surface area (Å²) in [7, 11) is 0. The van der Waals surface area contributed by atoms with Crippen LogP contribution in [0.1, 0.15) is 55.1 Å². The first kappa shape index (κ1) is 23.3. The molecule has 10 heteroatoms. The number of carbonyl (C=O) groups excluding carboxylic acids is 1. The van der Waals surface area contributed by atoms with Crippen LogP contribution in [0.5, 0.6) is 0 Å². The van der Waals surface area contributed by atoms with Crippen molar-refractivity contribution in [3.63, 3.8) is 0 Å². The largest absolute Gasteiger partial charge is 0.369 e. The van der Waals surface area contributed by atoms with Gasteiger partial charge in [-0.15, -0.1) is 0 Å². The second-order valence-electron chi connectivity index (χ2n) is 9.61. The molecule has 1 amide bonds. The highest BCUT2D eigenvalue weighted by Crippen LogP contribution is 2.39. The number of rotatable bonds is 5. The summed E-state index contributed by atoms with van der Waals surface area (Å²) >= 11 is 0. The molecule has 0 radical (unpaired) electrons. The van der Waals surface area contributed by atoms with Gasteiger partial charge in [0.2, 0.25) is 0 Å². The smallest absolute Gasteiger partial charge is 0.276 e. The van der Waals surface area contributed by atoms with Gasteiger partial charge in [0.15, 0.2) is 11.6 Å². The molecule has 1 N–H and O–H groups in total. The number of hydrogen-bond acceptors (Lipinski definition) is 5. The second-order valence-corrected chi connectivity index (χ2v) is 9.61. The number of benzene rings is 2. The Labute approximate surface area is 211 Å². The molecule has 1 saturated heterocycles. The molecule has 190 valence electrons. The fourth-order valence-corrected chi connectivity index (χ4v) is 5.50. The van der Waals surface area contributed by atoms with Crippen LogP contribution in [0.4, 0.5) is 20.2 Å². The molecular formula is C27H26F2N6O2. The van der Waals surface area contributed by atoms with Crippen molar-refractivity contribution in [3.05, 3.63) is 76.3 Å². The third-order valence-electron chi connectivity index (χ3n) is 7.28. The maximum atomic E-state index is 14.3. The van der Waals surface area contributed by atoms with Gasteiger partial charge >= 0.3 is 0 Å². The van der Waals surface area contributed by atoms with Gasteiger partial charge in [-0.3, -0.25) is 14.3 Å². The summed E-state index contributed by atoms with van der Waals surface area (Å²) in [5, 5.41) is 12.6. The average molecular weight is 505 g/mol. The maximum absolute atomic E-state index is 14.3. The highest BCUT2D eigenvalue weighted by atomic mass is 19.1. The number of nitrogens with zero attached hydrogens (tertiary/aromatic N) is 5. The number of fused-ring (bicyclic) bond motifs is 1. The van der Waals surface area contributed by atoms with Gasteiger partial charge in [0.05, 0.1) is 29.1 Å². The maximum Gasteiger partial charge on any atom is 0.276 e. The number of anilines is 2. The number of hydrogen-bond donors (Lipinski definition) is 1. The zero-order valence-corrected chi connectivity index (χ0v) is 20.2. The monoisotopic (exact) mass is 504 g/mol. The zero-order chi connectivity index (χ0) is 25.5. The van der Waals surface area contributed by atoms with Crippen LogP contribution >= 0.6 is 0 Å². The molecule has 8 nitrogen and oxygen atoms in total. The van der Waals surface area contributed by atoms with E-state index in [0.29, 0.717) is 16.4 Å². The first-order valence-electron chi connectivity index (χ1n) is 12.6. The summed E-state index contributed by atoms with van der Waals surface area (Å²) in [5.41, 5.74) is 1.02. The molecule has 0 spiro atoms. The molecule has 0 atom stereocenters. The van der Waals surface area contributed by atoms with E-state index in [1.54, 1.807) is 0 Å². The molecule has 0 unspecified atom stereocenters. The van der Waals surface area contributed by atoms with E-state index in [1.807, 2.05) is 18.3 Å². The third kappa shape index (κ3) is 4.16. The highest BCUT2D eigenvalue weighted by Gasteiger charge is 2.25. The highest BCUT2D eigenvalue weighted by molar-refractivity contribution is 6.08. The van der Waals surface area contributed by atoms with E-state index in [9.17, 15) is 18.4 Å². The Balaban J connectivity index is 1.38. The Bertz CT molecular complexity index is 1530. The summed E-state index contributed by atoms with van der Waals surface area (Å²) in [6.45, 7) is 1.73. The van der Waals surface area contributed by atoms with Crippen LogP contribution in [-0.4, -0.2) is 38.6 Å². The Kier molecular flexibility index (Phi) is 5.94. The number of halogens is 2. The molecule has 3 heterocycles. The van der Waals surface area contributed by atoms with Crippen LogP contribution < -0.4 is 15.8 Å². The van der Waals surface area contributed by atoms with Crippen LogP contribution in [0.25, 0.3) is 16.6 Å². The van der Waals surface area contributed by atoms with Crippen molar-refractivity contribution in [2.75, 3.05) is 23.3 Å². The van der Waals surface area contributed by atoms with Gasteiger partial charge < -0.3 is 10.2 Å². The molecule has 4 aromatic rings. The van der Waals surface area contributed by atoms with Gasteiger partial charge in [-0.25, -0.2) is 8.78 Å². The van der Waals surface area contributed by atoms with Crippen molar-refractivity contribution in [1.82, 2.24) is 19.6 Å². The van der Waals surface area contributed by atoms with Gasteiger partial charge in [0.25, 0.3) is 11.5 Å². The van der Waals surface area contributed by atoms with Gasteiger partial charge in [-0.2, -0.15) is 14.9 Å². The minimum atomic E-state index is -0.951. The lowest BCUT2D eigenvalue weighted by molar-refractivity contribution is 0.102. The van der Waals surface area contributed by atoms with E-state index in [1.165, 1.54) is 25.0 Å². The predicted molar refractivity (Wildman–Crippen MR) is 136 cm³/mol. The molecule has 2 aromatic heterocycles. The minimum Gasteiger partial charge on any atom is -0.369 e. The van der Waals surface area contributed by atoms with E-state index >= 15 is 0 Å². The third-order valence-corrected chi connectivity index (χ3v) is 7.28. The first-order chi connectivity index (χ1) is 18.0. The van der Waals surface area contributed by atoms with Crippen LogP contribution in [0.3, 0.4) is 0 Å². The lowest BCUT2D eigenvalue weighted by Crippen LogP contribution is -2.27. The fourth-order valence-electron chi connectivity index (χ4n) is 5.50. The SMILES string of the molecule is O=C(Nc1ccc2c(cnn2C2CCCC2)c1N1CCCC1)c1ccc(=O)n(-c2c(F)cccc2F)n1. The average Bonchev–Trinajstić information content (AvgIpc) is 3.66. The Morgan fingerprint density at radius 2 is 1.65 bits per heavy atom. The quantitative estimate of drug-likeness (QED) is 0.421. The van der Waals surface area contributed by atoms with Crippen molar-refractivity contribution in [2.45, 2.75) is 44.6 Å². The molecule has 2 aromatic carbocycles. The molecule has 1 aliphatic carbocycles. The number of amides is 1. The van der Waals surface area contributed by atoms with Crippen LogP contribution in [0.15, 0.2) is 53.5 Å². The lowest BCUT2D eigenvalue weighted by Gasteiger charge is -2.23. The van der Waals surface area contributed by atoms with Gasteiger partial charge in [-0.05, 0) is 56.0 Å². The number of para-hydroxylation sites is 1. The molecule has 2 aliphatic rings. The van der Waals surface area contributed by atoms with Crippen LogP contribution in [0.2, 0.25) is 0 Å². The number of nitrogens with one attached hydrogen (secondary N) is 1. The molecule has 6 rings (SSSR count). The zero-order valence-electron chi connectivity index (χ0n) is 20.2. The van der Waals surface area contributed by atoms with E-state index in [4.69, 9.17) is 5.10 Å². The van der Waals surface area contributed by atoms with Crippen molar-refractivity contribution < 1.29 is 13.6 Å². The molecular weight excluding hydrogens is 478 g/mol. The summed E-state index contributed by atoms with van der Waals surface area (Å²) < 4.78 is 31.3. The number of aromatic nitrogens is 4. The van der Waals surface area contributed by atoms with Crippen molar-refractivity contribution in [1.29, 1.82) is 0 Å². The molecule has 1 saturated carbocycles. The normalized spacial score (nSPS) is 16.1. The predicted octanol–water partition coefficient (Wildman–Crippen LogP) is 4.83. The van der Waals surface area contributed by atoms with Crippen LogP contribution in [-0.2, 0) is 0 Å². The summed E-state index contributed by atoms with van der Waals surface area (Å²) in [5.74, 6) is -2.49.